The smallest absolute Gasteiger partial charge is 0.329 e. The molecule has 156 valence electrons. The van der Waals surface area contributed by atoms with Gasteiger partial charge in [0, 0.05) is 12.5 Å². The van der Waals surface area contributed by atoms with E-state index in [1.54, 1.807) is 0 Å². The third kappa shape index (κ3) is 7.20. The minimum Gasteiger partial charge on any atom is -0.480 e. The fourth-order valence-electron chi connectivity index (χ4n) is 5.11. The van der Waals surface area contributed by atoms with Crippen molar-refractivity contribution in [2.24, 2.45) is 29.6 Å². The second-order valence-electron chi connectivity index (χ2n) is 8.81. The standard InChI is InChI=1S/C22H38O5/c1-3-4-5-15(2)10-18(23)6-7-19-20-12-16(8-9-27-14-22(25)26)11-17(20)13-21(19)24/h6-7,15-21,23-24H,3-5,8-14H2,1-2H3,(H,25,26)/b7-6+. The second kappa shape index (κ2) is 11.2. The molecule has 0 heterocycles. The number of hydrogen-bond donors (Lipinski definition) is 3. The van der Waals surface area contributed by atoms with Gasteiger partial charge in [-0.3, -0.25) is 0 Å². The number of aliphatic hydroxyl groups is 2. The number of fused-ring (bicyclic) bond motifs is 1. The molecule has 0 amide bonds. The van der Waals surface area contributed by atoms with Crippen molar-refractivity contribution in [2.75, 3.05) is 13.2 Å². The molecule has 2 saturated carbocycles. The van der Waals surface area contributed by atoms with Gasteiger partial charge >= 0.3 is 5.97 Å². The zero-order chi connectivity index (χ0) is 19.8. The van der Waals surface area contributed by atoms with Gasteiger partial charge in [-0.15, -0.1) is 0 Å². The number of carbonyl (C=O) groups is 1. The summed E-state index contributed by atoms with van der Waals surface area (Å²) in [5, 5.41) is 29.4. The molecule has 3 N–H and O–H groups in total. The lowest BCUT2D eigenvalue weighted by atomic mass is 9.89. The molecule has 7 unspecified atom stereocenters. The van der Waals surface area contributed by atoms with Gasteiger partial charge < -0.3 is 20.1 Å². The molecule has 2 aliphatic carbocycles. The molecule has 2 rings (SSSR count). The molecule has 0 aromatic carbocycles. The number of rotatable bonds is 12. The molecule has 0 bridgehead atoms. The number of aliphatic carboxylic acids is 1. The number of unbranched alkanes of at least 4 members (excludes halogenated alkanes) is 1. The van der Waals surface area contributed by atoms with Gasteiger partial charge in [0.05, 0.1) is 12.2 Å². The van der Waals surface area contributed by atoms with Crippen LogP contribution >= 0.6 is 0 Å². The fourth-order valence-corrected chi connectivity index (χ4v) is 5.11. The van der Waals surface area contributed by atoms with Crippen molar-refractivity contribution in [1.29, 1.82) is 0 Å². The van der Waals surface area contributed by atoms with Crippen molar-refractivity contribution in [3.63, 3.8) is 0 Å². The highest BCUT2D eigenvalue weighted by Gasteiger charge is 2.46. The maximum atomic E-state index is 10.5. The van der Waals surface area contributed by atoms with Gasteiger partial charge in [-0.2, -0.15) is 0 Å². The highest BCUT2D eigenvalue weighted by Crippen LogP contribution is 2.51. The Morgan fingerprint density at radius 3 is 2.78 bits per heavy atom. The maximum Gasteiger partial charge on any atom is 0.329 e. The van der Waals surface area contributed by atoms with Gasteiger partial charge in [0.1, 0.15) is 6.61 Å². The van der Waals surface area contributed by atoms with Gasteiger partial charge in [0.15, 0.2) is 0 Å². The third-order valence-corrected chi connectivity index (χ3v) is 6.48. The summed E-state index contributed by atoms with van der Waals surface area (Å²) >= 11 is 0. The summed E-state index contributed by atoms with van der Waals surface area (Å²) in [4.78, 5) is 10.5. The van der Waals surface area contributed by atoms with E-state index in [1.807, 2.05) is 6.08 Å². The zero-order valence-corrected chi connectivity index (χ0v) is 16.9. The summed E-state index contributed by atoms with van der Waals surface area (Å²) in [6, 6.07) is 0. The summed E-state index contributed by atoms with van der Waals surface area (Å²) in [6.07, 6.45) is 11.5. The lowest BCUT2D eigenvalue weighted by Crippen LogP contribution is -2.19. The van der Waals surface area contributed by atoms with Crippen molar-refractivity contribution < 1.29 is 24.9 Å². The first kappa shape index (κ1) is 22.4. The number of hydrogen-bond acceptors (Lipinski definition) is 4. The average molecular weight is 383 g/mol. The number of ether oxygens (including phenoxy) is 1. The van der Waals surface area contributed by atoms with Crippen LogP contribution in [0.15, 0.2) is 12.2 Å². The summed E-state index contributed by atoms with van der Waals surface area (Å²) in [5.74, 6) is 1.31. The van der Waals surface area contributed by atoms with Crippen LogP contribution in [0.3, 0.4) is 0 Å². The maximum absolute atomic E-state index is 10.5. The quantitative estimate of drug-likeness (QED) is 0.354. The molecule has 2 fully saturated rings. The van der Waals surface area contributed by atoms with Crippen molar-refractivity contribution in [2.45, 2.75) is 77.4 Å². The molecule has 0 aliphatic heterocycles. The Hall–Kier alpha value is -0.910. The number of aliphatic hydroxyl groups excluding tert-OH is 2. The Labute approximate surface area is 163 Å². The first-order chi connectivity index (χ1) is 12.9. The largest absolute Gasteiger partial charge is 0.480 e. The van der Waals surface area contributed by atoms with Gasteiger partial charge in [-0.25, -0.2) is 4.79 Å². The van der Waals surface area contributed by atoms with Crippen molar-refractivity contribution in [1.82, 2.24) is 0 Å². The summed E-state index contributed by atoms with van der Waals surface area (Å²) in [6.45, 7) is 4.65. The lowest BCUT2D eigenvalue weighted by Gasteiger charge is -2.20. The summed E-state index contributed by atoms with van der Waals surface area (Å²) < 4.78 is 5.17. The monoisotopic (exact) mass is 382 g/mol. The third-order valence-electron chi connectivity index (χ3n) is 6.48. The fraction of sp³-hybridized carbons (Fsp3) is 0.864. The topological polar surface area (TPSA) is 87.0 Å². The molecule has 0 radical (unpaired) electrons. The lowest BCUT2D eigenvalue weighted by molar-refractivity contribution is -0.142. The van der Waals surface area contributed by atoms with Crippen molar-refractivity contribution >= 4 is 5.97 Å². The Morgan fingerprint density at radius 1 is 1.30 bits per heavy atom. The van der Waals surface area contributed by atoms with Gasteiger partial charge in [-0.1, -0.05) is 45.3 Å². The molecule has 0 aromatic heterocycles. The second-order valence-corrected chi connectivity index (χ2v) is 8.81. The molecule has 27 heavy (non-hydrogen) atoms. The normalized spacial score (nSPS) is 32.7. The van der Waals surface area contributed by atoms with Crippen LogP contribution in [0.2, 0.25) is 0 Å². The van der Waals surface area contributed by atoms with Crippen LogP contribution in [0, 0.1) is 29.6 Å². The van der Waals surface area contributed by atoms with Crippen LogP contribution < -0.4 is 0 Å². The molecule has 7 atom stereocenters. The van der Waals surface area contributed by atoms with E-state index < -0.39 is 12.1 Å². The van der Waals surface area contributed by atoms with E-state index in [4.69, 9.17) is 9.84 Å². The Bertz CT molecular complexity index is 477. The van der Waals surface area contributed by atoms with E-state index >= 15 is 0 Å². The van der Waals surface area contributed by atoms with E-state index in [-0.39, 0.29) is 18.6 Å². The van der Waals surface area contributed by atoms with Crippen LogP contribution in [0.5, 0.6) is 0 Å². The molecule has 2 aliphatic rings. The van der Waals surface area contributed by atoms with Crippen LogP contribution in [0.4, 0.5) is 0 Å². The molecular weight excluding hydrogens is 344 g/mol. The molecule has 0 aromatic rings. The molecule has 5 heteroatoms. The Balaban J connectivity index is 1.77. The van der Waals surface area contributed by atoms with Crippen molar-refractivity contribution in [3.8, 4) is 0 Å². The van der Waals surface area contributed by atoms with E-state index in [0.29, 0.717) is 30.3 Å². The SMILES string of the molecule is CCCCC(C)CC(O)/C=C/C1C(O)CC2CC(CCOCC(=O)O)CC21. The molecule has 0 spiro atoms. The van der Waals surface area contributed by atoms with Crippen LogP contribution in [0.25, 0.3) is 0 Å². The van der Waals surface area contributed by atoms with Gasteiger partial charge in [0.2, 0.25) is 0 Å². The number of carboxylic acids is 1. The van der Waals surface area contributed by atoms with Crippen LogP contribution in [0.1, 0.15) is 65.2 Å². The summed E-state index contributed by atoms with van der Waals surface area (Å²) in [5.41, 5.74) is 0. The van der Waals surface area contributed by atoms with Crippen LogP contribution in [-0.2, 0) is 9.53 Å². The Kier molecular flexibility index (Phi) is 9.27. The molecule has 0 saturated heterocycles. The van der Waals surface area contributed by atoms with Gasteiger partial charge in [-0.05, 0) is 55.8 Å². The predicted molar refractivity (Wildman–Crippen MR) is 105 cm³/mol. The van der Waals surface area contributed by atoms with E-state index in [9.17, 15) is 15.0 Å². The highest BCUT2D eigenvalue weighted by molar-refractivity contribution is 5.67. The molecule has 5 nitrogen and oxygen atoms in total. The predicted octanol–water partition coefficient (Wildman–Crippen LogP) is 3.63. The number of carboxylic acid groups (broad SMARTS) is 1. The first-order valence-electron chi connectivity index (χ1n) is 10.7. The minimum atomic E-state index is -0.922. The average Bonchev–Trinajstić information content (AvgIpc) is 3.11. The van der Waals surface area contributed by atoms with Crippen molar-refractivity contribution in [3.05, 3.63) is 12.2 Å². The Morgan fingerprint density at radius 2 is 2.07 bits per heavy atom. The highest BCUT2D eigenvalue weighted by atomic mass is 16.5. The van der Waals surface area contributed by atoms with E-state index in [1.165, 1.54) is 12.8 Å². The van der Waals surface area contributed by atoms with E-state index in [0.717, 1.165) is 38.5 Å². The van der Waals surface area contributed by atoms with Gasteiger partial charge in [0.25, 0.3) is 0 Å². The first-order valence-corrected chi connectivity index (χ1v) is 10.7. The zero-order valence-electron chi connectivity index (χ0n) is 16.9. The van der Waals surface area contributed by atoms with Crippen LogP contribution in [-0.4, -0.2) is 46.7 Å². The minimum absolute atomic E-state index is 0.139. The summed E-state index contributed by atoms with van der Waals surface area (Å²) in [7, 11) is 0. The van der Waals surface area contributed by atoms with E-state index in [2.05, 4.69) is 19.9 Å². The molecular formula is C22H38O5.